The van der Waals surface area contributed by atoms with Crippen LogP contribution in [0.1, 0.15) is 17.2 Å². The summed E-state index contributed by atoms with van der Waals surface area (Å²) in [5, 5.41) is 13.1. The van der Waals surface area contributed by atoms with Crippen molar-refractivity contribution in [3.63, 3.8) is 0 Å². The predicted molar refractivity (Wildman–Crippen MR) is 109 cm³/mol. The number of benzene rings is 3. The summed E-state index contributed by atoms with van der Waals surface area (Å²) in [7, 11) is 0. The van der Waals surface area contributed by atoms with Gasteiger partial charge in [0.15, 0.2) is 0 Å². The monoisotopic (exact) mass is 346 g/mol. The molecule has 26 heavy (non-hydrogen) atoms. The number of piperazine rings is 1. The fourth-order valence-electron chi connectivity index (χ4n) is 3.78. The minimum atomic E-state index is -0.440. The van der Waals surface area contributed by atoms with Crippen molar-refractivity contribution in [2.45, 2.75) is 13.0 Å². The number of aliphatic hydroxyl groups excluding tert-OH is 1. The summed E-state index contributed by atoms with van der Waals surface area (Å²) in [6.07, 6.45) is -0.440. The second-order valence-electron chi connectivity index (χ2n) is 7.25. The molecule has 3 heteroatoms. The summed E-state index contributed by atoms with van der Waals surface area (Å²) in [5.74, 6) is 0. The van der Waals surface area contributed by atoms with Crippen molar-refractivity contribution >= 4 is 16.5 Å². The standard InChI is InChI=1S/C23H26N2O/c1-18-5-4-8-22(15-18)25-13-11-24(12-14-25)17-23(26)21-10-9-19-6-2-3-7-20(19)16-21/h2-10,15-16,23,26H,11-14,17H2,1H3. The molecule has 1 N–H and O–H groups in total. The summed E-state index contributed by atoms with van der Waals surface area (Å²) in [6, 6.07) is 23.3. The first-order valence-electron chi connectivity index (χ1n) is 9.40. The molecule has 0 radical (unpaired) electrons. The number of fused-ring (bicyclic) bond motifs is 1. The zero-order valence-corrected chi connectivity index (χ0v) is 15.3. The Balaban J connectivity index is 1.37. The highest BCUT2D eigenvalue weighted by Crippen LogP contribution is 2.23. The topological polar surface area (TPSA) is 26.7 Å². The molecule has 4 rings (SSSR count). The zero-order chi connectivity index (χ0) is 17.9. The van der Waals surface area contributed by atoms with Crippen molar-refractivity contribution in [2.75, 3.05) is 37.6 Å². The normalized spacial score (nSPS) is 16.8. The van der Waals surface area contributed by atoms with Crippen molar-refractivity contribution in [1.82, 2.24) is 4.90 Å². The largest absolute Gasteiger partial charge is 0.387 e. The lowest BCUT2D eigenvalue weighted by molar-refractivity contribution is 0.109. The van der Waals surface area contributed by atoms with Gasteiger partial charge in [0.2, 0.25) is 0 Å². The summed E-state index contributed by atoms with van der Waals surface area (Å²) in [5.41, 5.74) is 3.61. The predicted octanol–water partition coefficient (Wildman–Crippen LogP) is 4.00. The first-order valence-corrected chi connectivity index (χ1v) is 9.40. The van der Waals surface area contributed by atoms with Crippen LogP contribution < -0.4 is 4.90 Å². The van der Waals surface area contributed by atoms with E-state index >= 15 is 0 Å². The van der Waals surface area contributed by atoms with Gasteiger partial charge in [0.25, 0.3) is 0 Å². The Kier molecular flexibility index (Phi) is 4.91. The van der Waals surface area contributed by atoms with Gasteiger partial charge in [-0.15, -0.1) is 0 Å². The van der Waals surface area contributed by atoms with Gasteiger partial charge in [0, 0.05) is 38.4 Å². The van der Waals surface area contributed by atoms with Gasteiger partial charge in [-0.1, -0.05) is 48.5 Å². The third-order valence-electron chi connectivity index (χ3n) is 5.33. The summed E-state index contributed by atoms with van der Waals surface area (Å²) < 4.78 is 0. The maximum absolute atomic E-state index is 10.7. The van der Waals surface area contributed by atoms with Crippen molar-refractivity contribution < 1.29 is 5.11 Å². The van der Waals surface area contributed by atoms with Crippen LogP contribution in [0.4, 0.5) is 5.69 Å². The summed E-state index contributed by atoms with van der Waals surface area (Å²) in [4.78, 5) is 4.80. The highest BCUT2D eigenvalue weighted by Gasteiger charge is 2.20. The third kappa shape index (κ3) is 3.74. The Morgan fingerprint density at radius 2 is 1.62 bits per heavy atom. The minimum Gasteiger partial charge on any atom is -0.387 e. The van der Waals surface area contributed by atoms with E-state index in [1.54, 1.807) is 0 Å². The van der Waals surface area contributed by atoms with Gasteiger partial charge < -0.3 is 10.0 Å². The molecule has 134 valence electrons. The van der Waals surface area contributed by atoms with Gasteiger partial charge in [-0.3, -0.25) is 4.90 Å². The quantitative estimate of drug-likeness (QED) is 0.773. The molecular weight excluding hydrogens is 320 g/mol. The molecule has 1 saturated heterocycles. The molecule has 3 aromatic carbocycles. The lowest BCUT2D eigenvalue weighted by Crippen LogP contribution is -2.47. The Morgan fingerprint density at radius 3 is 2.38 bits per heavy atom. The van der Waals surface area contributed by atoms with E-state index in [0.717, 1.165) is 31.7 Å². The van der Waals surface area contributed by atoms with Gasteiger partial charge in [-0.05, 0) is 47.0 Å². The molecule has 0 saturated carbocycles. The maximum atomic E-state index is 10.7. The SMILES string of the molecule is Cc1cccc(N2CCN(CC(O)c3ccc4ccccc4c3)CC2)c1. The van der Waals surface area contributed by atoms with E-state index in [-0.39, 0.29) is 0 Å². The first kappa shape index (κ1) is 17.1. The van der Waals surface area contributed by atoms with Gasteiger partial charge in [-0.2, -0.15) is 0 Å². The Hall–Kier alpha value is -2.36. The van der Waals surface area contributed by atoms with Crippen LogP contribution in [-0.4, -0.2) is 42.7 Å². The van der Waals surface area contributed by atoms with Crippen LogP contribution in [0.2, 0.25) is 0 Å². The molecule has 0 amide bonds. The number of nitrogens with zero attached hydrogens (tertiary/aromatic N) is 2. The molecule has 1 unspecified atom stereocenters. The van der Waals surface area contributed by atoms with Crippen LogP contribution in [0, 0.1) is 6.92 Å². The van der Waals surface area contributed by atoms with E-state index < -0.39 is 6.10 Å². The lowest BCUT2D eigenvalue weighted by Gasteiger charge is -2.37. The zero-order valence-electron chi connectivity index (χ0n) is 15.3. The molecule has 1 fully saturated rings. The van der Waals surface area contributed by atoms with Crippen LogP contribution in [0.5, 0.6) is 0 Å². The van der Waals surface area contributed by atoms with E-state index in [9.17, 15) is 5.11 Å². The van der Waals surface area contributed by atoms with E-state index in [4.69, 9.17) is 0 Å². The van der Waals surface area contributed by atoms with Gasteiger partial charge in [0.05, 0.1) is 6.10 Å². The number of aryl methyl sites for hydroxylation is 1. The highest BCUT2D eigenvalue weighted by atomic mass is 16.3. The highest BCUT2D eigenvalue weighted by molar-refractivity contribution is 5.83. The average Bonchev–Trinajstić information content (AvgIpc) is 2.68. The number of hydrogen-bond acceptors (Lipinski definition) is 3. The molecular formula is C23H26N2O. The van der Waals surface area contributed by atoms with Crippen LogP contribution in [-0.2, 0) is 0 Å². The van der Waals surface area contributed by atoms with Crippen molar-refractivity contribution in [3.05, 3.63) is 77.9 Å². The Morgan fingerprint density at radius 1 is 0.846 bits per heavy atom. The minimum absolute atomic E-state index is 0.440. The number of β-amino-alcohol motifs (C(OH)–C–C–N with tert-alkyl or cyclic N) is 1. The van der Waals surface area contributed by atoms with Crippen LogP contribution in [0.15, 0.2) is 66.7 Å². The number of hydrogen-bond donors (Lipinski definition) is 1. The molecule has 0 aromatic heterocycles. The molecule has 0 aliphatic carbocycles. The average molecular weight is 346 g/mol. The van der Waals surface area contributed by atoms with Crippen molar-refractivity contribution in [2.24, 2.45) is 0 Å². The van der Waals surface area contributed by atoms with E-state index in [1.807, 2.05) is 12.1 Å². The summed E-state index contributed by atoms with van der Waals surface area (Å²) >= 11 is 0. The molecule has 1 aliphatic heterocycles. The smallest absolute Gasteiger partial charge is 0.0917 e. The molecule has 0 bridgehead atoms. The van der Waals surface area contributed by atoms with E-state index in [0.29, 0.717) is 6.54 Å². The van der Waals surface area contributed by atoms with Gasteiger partial charge in [0.1, 0.15) is 0 Å². The second kappa shape index (κ2) is 7.48. The van der Waals surface area contributed by atoms with E-state index in [2.05, 4.69) is 71.3 Å². The fourth-order valence-corrected chi connectivity index (χ4v) is 3.78. The van der Waals surface area contributed by atoms with Crippen LogP contribution in [0.3, 0.4) is 0 Å². The fraction of sp³-hybridized carbons (Fsp3) is 0.304. The van der Waals surface area contributed by atoms with Crippen LogP contribution in [0.25, 0.3) is 10.8 Å². The molecule has 1 atom stereocenters. The summed E-state index contributed by atoms with van der Waals surface area (Å²) in [6.45, 7) is 6.82. The van der Waals surface area contributed by atoms with E-state index in [1.165, 1.54) is 22.0 Å². The van der Waals surface area contributed by atoms with Gasteiger partial charge in [-0.25, -0.2) is 0 Å². The molecule has 1 aliphatic rings. The Labute approximate surface area is 155 Å². The van der Waals surface area contributed by atoms with Crippen molar-refractivity contribution in [3.8, 4) is 0 Å². The maximum Gasteiger partial charge on any atom is 0.0917 e. The Bertz CT molecular complexity index is 884. The number of aliphatic hydroxyl groups is 1. The van der Waals surface area contributed by atoms with Crippen molar-refractivity contribution in [1.29, 1.82) is 0 Å². The number of rotatable bonds is 4. The molecule has 1 heterocycles. The first-order chi connectivity index (χ1) is 12.7. The third-order valence-corrected chi connectivity index (χ3v) is 5.33. The second-order valence-corrected chi connectivity index (χ2v) is 7.25. The molecule has 3 nitrogen and oxygen atoms in total. The lowest BCUT2D eigenvalue weighted by atomic mass is 10.0. The number of anilines is 1. The van der Waals surface area contributed by atoms with Crippen LogP contribution >= 0.6 is 0 Å². The van der Waals surface area contributed by atoms with Gasteiger partial charge >= 0.3 is 0 Å². The molecule has 3 aromatic rings. The molecule has 0 spiro atoms.